The summed E-state index contributed by atoms with van der Waals surface area (Å²) in [6.45, 7) is 0. The molecule has 7 heteroatoms. The van der Waals surface area contributed by atoms with Gasteiger partial charge in [-0.3, -0.25) is 0 Å². The molecule has 0 aliphatic heterocycles. The van der Waals surface area contributed by atoms with Crippen LogP contribution >= 0.6 is 38.6 Å². The van der Waals surface area contributed by atoms with Crippen LogP contribution < -0.4 is 5.73 Å². The van der Waals surface area contributed by atoms with Crippen LogP contribution in [0.4, 0.5) is 5.13 Å². The molecule has 2 heterocycles. The number of nitrogen functional groups attached to an aromatic ring is 1. The number of thiazole rings is 1. The number of nitrogens with two attached hydrogens (primary N) is 1. The van der Waals surface area contributed by atoms with Crippen molar-refractivity contribution in [2.75, 3.05) is 5.73 Å². The average Bonchev–Trinajstić information content (AvgIpc) is 2.73. The number of aromatic nitrogens is 1. The Kier molecular flexibility index (Phi) is 3.13. The van der Waals surface area contributed by atoms with Crippen molar-refractivity contribution in [2.45, 2.75) is 8.42 Å². The predicted octanol–water partition coefficient (Wildman–Crippen LogP) is 2.72. The molecule has 2 aromatic heterocycles. The minimum atomic E-state index is -1.14. The summed E-state index contributed by atoms with van der Waals surface area (Å²) in [4.78, 5) is 3.87. The van der Waals surface area contributed by atoms with Crippen LogP contribution in [-0.4, -0.2) is 9.54 Å². The zero-order valence-corrected chi connectivity index (χ0v) is 10.8. The van der Waals surface area contributed by atoms with Crippen molar-refractivity contribution in [3.8, 4) is 0 Å². The SMILES string of the molecule is Nc1ncc([S+]([O-])c2ccc(Br)s2)s1. The lowest BCUT2D eigenvalue weighted by atomic mass is 10.7. The fourth-order valence-electron chi connectivity index (χ4n) is 0.854. The molecule has 2 aromatic rings. The fourth-order valence-corrected chi connectivity index (χ4v) is 5.08. The zero-order valence-electron chi connectivity index (χ0n) is 6.77. The minimum absolute atomic E-state index is 0.448. The van der Waals surface area contributed by atoms with Crippen LogP contribution in [0.2, 0.25) is 0 Å². The first-order valence-electron chi connectivity index (χ1n) is 3.55. The lowest BCUT2D eigenvalue weighted by molar-refractivity contribution is 0.599. The summed E-state index contributed by atoms with van der Waals surface area (Å²) in [5.74, 6) is 0. The van der Waals surface area contributed by atoms with Gasteiger partial charge in [0.1, 0.15) is 0 Å². The Morgan fingerprint density at radius 1 is 1.36 bits per heavy atom. The van der Waals surface area contributed by atoms with Crippen LogP contribution in [0.1, 0.15) is 0 Å². The summed E-state index contributed by atoms with van der Waals surface area (Å²) in [6, 6.07) is 3.71. The second-order valence-corrected chi connectivity index (χ2v) is 7.80. The topological polar surface area (TPSA) is 62.0 Å². The summed E-state index contributed by atoms with van der Waals surface area (Å²) in [5, 5.41) is 0.448. The molecular weight excluding hydrogens is 304 g/mol. The Hall–Kier alpha value is -0.0800. The van der Waals surface area contributed by atoms with Crippen LogP contribution in [0.5, 0.6) is 0 Å². The molecule has 0 radical (unpaired) electrons. The van der Waals surface area contributed by atoms with Crippen LogP contribution in [0.25, 0.3) is 0 Å². The second kappa shape index (κ2) is 4.19. The van der Waals surface area contributed by atoms with Gasteiger partial charge in [0.15, 0.2) is 5.13 Å². The van der Waals surface area contributed by atoms with Gasteiger partial charge in [-0.1, -0.05) is 11.3 Å². The third-order valence-electron chi connectivity index (χ3n) is 1.42. The normalized spacial score (nSPS) is 13.0. The lowest BCUT2D eigenvalue weighted by Gasteiger charge is -2.02. The number of hydrogen-bond donors (Lipinski definition) is 1. The minimum Gasteiger partial charge on any atom is -0.605 e. The largest absolute Gasteiger partial charge is 0.605 e. The van der Waals surface area contributed by atoms with E-state index in [0.29, 0.717) is 9.34 Å². The van der Waals surface area contributed by atoms with E-state index >= 15 is 0 Å². The van der Waals surface area contributed by atoms with Crippen molar-refractivity contribution in [3.05, 3.63) is 22.1 Å². The number of nitrogens with zero attached hydrogens (tertiary/aromatic N) is 1. The van der Waals surface area contributed by atoms with Gasteiger partial charge in [-0.05, 0) is 33.3 Å². The molecule has 1 unspecified atom stereocenters. The molecule has 0 spiro atoms. The molecule has 0 fully saturated rings. The van der Waals surface area contributed by atoms with E-state index in [-0.39, 0.29) is 0 Å². The molecule has 0 amide bonds. The van der Waals surface area contributed by atoms with E-state index in [1.165, 1.54) is 22.7 Å². The highest BCUT2D eigenvalue weighted by Gasteiger charge is 2.19. The summed E-state index contributed by atoms with van der Waals surface area (Å²) < 4.78 is 14.4. The average molecular weight is 309 g/mol. The molecule has 1 atom stereocenters. The standard InChI is InChI=1S/C7H5BrN2OS3/c8-4-1-2-5(12-4)14(11)6-3-10-7(9)13-6/h1-3H,(H2,9,10). The Bertz CT molecular complexity index is 401. The number of rotatable bonds is 2. The van der Waals surface area contributed by atoms with Gasteiger partial charge in [-0.15, -0.1) is 0 Å². The van der Waals surface area contributed by atoms with E-state index in [4.69, 9.17) is 5.73 Å². The molecule has 0 saturated carbocycles. The summed E-state index contributed by atoms with van der Waals surface area (Å²) >= 11 is 4.90. The molecule has 0 bridgehead atoms. The number of hydrogen-bond acceptors (Lipinski definition) is 5. The quantitative estimate of drug-likeness (QED) is 0.868. The molecule has 0 saturated heterocycles. The van der Waals surface area contributed by atoms with Gasteiger partial charge in [-0.25, -0.2) is 4.98 Å². The van der Waals surface area contributed by atoms with Gasteiger partial charge in [-0.2, -0.15) is 0 Å². The molecule has 3 nitrogen and oxygen atoms in total. The molecule has 0 aliphatic rings. The van der Waals surface area contributed by atoms with Crippen LogP contribution in [0.15, 0.2) is 30.5 Å². The Labute approximate surface area is 100 Å². The monoisotopic (exact) mass is 308 g/mol. The van der Waals surface area contributed by atoms with Gasteiger partial charge < -0.3 is 10.3 Å². The molecule has 0 aromatic carbocycles. The molecule has 2 rings (SSSR count). The smallest absolute Gasteiger partial charge is 0.235 e. The lowest BCUT2D eigenvalue weighted by Crippen LogP contribution is -1.95. The summed E-state index contributed by atoms with van der Waals surface area (Å²) in [6.07, 6.45) is 1.56. The van der Waals surface area contributed by atoms with Gasteiger partial charge in [0.2, 0.25) is 8.42 Å². The third kappa shape index (κ3) is 2.12. The zero-order chi connectivity index (χ0) is 10.1. The Morgan fingerprint density at radius 3 is 2.64 bits per heavy atom. The van der Waals surface area contributed by atoms with E-state index in [1.807, 2.05) is 12.1 Å². The number of thiophene rings is 1. The first-order chi connectivity index (χ1) is 6.66. The van der Waals surface area contributed by atoms with E-state index in [0.717, 1.165) is 8.00 Å². The highest BCUT2D eigenvalue weighted by atomic mass is 79.9. The summed E-state index contributed by atoms with van der Waals surface area (Å²) in [7, 11) is 0. The first kappa shape index (κ1) is 10.4. The van der Waals surface area contributed by atoms with Crippen molar-refractivity contribution in [2.24, 2.45) is 0 Å². The Balaban J connectivity index is 2.28. The number of anilines is 1. The van der Waals surface area contributed by atoms with E-state index in [9.17, 15) is 4.55 Å². The Morgan fingerprint density at radius 2 is 2.14 bits per heavy atom. The predicted molar refractivity (Wildman–Crippen MR) is 63.2 cm³/mol. The van der Waals surface area contributed by atoms with E-state index in [2.05, 4.69) is 20.9 Å². The molecular formula is C7H5BrN2OS3. The molecule has 14 heavy (non-hydrogen) atoms. The van der Waals surface area contributed by atoms with E-state index in [1.54, 1.807) is 6.20 Å². The molecule has 2 N–H and O–H groups in total. The maximum Gasteiger partial charge on any atom is 0.235 e. The van der Waals surface area contributed by atoms with Gasteiger partial charge in [0, 0.05) is 17.2 Å². The van der Waals surface area contributed by atoms with Gasteiger partial charge in [0.05, 0.1) is 9.98 Å². The maximum atomic E-state index is 11.9. The van der Waals surface area contributed by atoms with Gasteiger partial charge >= 0.3 is 0 Å². The molecule has 0 aliphatic carbocycles. The van der Waals surface area contributed by atoms with Crippen LogP contribution in [0, 0.1) is 0 Å². The van der Waals surface area contributed by atoms with Crippen molar-refractivity contribution in [1.82, 2.24) is 4.98 Å². The van der Waals surface area contributed by atoms with Crippen molar-refractivity contribution < 1.29 is 4.55 Å². The van der Waals surface area contributed by atoms with Crippen molar-refractivity contribution >= 4 is 54.9 Å². The van der Waals surface area contributed by atoms with E-state index < -0.39 is 11.2 Å². The first-order valence-corrected chi connectivity index (χ1v) is 7.13. The van der Waals surface area contributed by atoms with Crippen molar-refractivity contribution in [1.29, 1.82) is 0 Å². The van der Waals surface area contributed by atoms with Crippen LogP contribution in [0.3, 0.4) is 0 Å². The number of halogens is 1. The summed E-state index contributed by atoms with van der Waals surface area (Å²) in [5.41, 5.74) is 5.47. The fraction of sp³-hybridized carbons (Fsp3) is 0. The van der Waals surface area contributed by atoms with Crippen LogP contribution in [-0.2, 0) is 11.2 Å². The van der Waals surface area contributed by atoms with Gasteiger partial charge in [0.25, 0.3) is 0 Å². The third-order valence-corrected chi connectivity index (χ3v) is 5.84. The highest BCUT2D eigenvalue weighted by molar-refractivity contribution is 9.11. The highest BCUT2D eigenvalue weighted by Crippen LogP contribution is 2.33. The maximum absolute atomic E-state index is 11.9. The second-order valence-electron chi connectivity index (χ2n) is 2.34. The molecule has 74 valence electrons. The van der Waals surface area contributed by atoms with Crippen molar-refractivity contribution in [3.63, 3.8) is 0 Å².